The Labute approximate surface area is 171 Å². The number of amides is 1. The molecule has 1 heterocycles. The first kappa shape index (κ1) is 23.3. The molecule has 0 fully saturated rings. The molecular weight excluding hydrogens is 505 g/mol. The molecule has 0 atom stereocenters. The number of nitrogens with two attached hydrogens (primary N) is 2. The first-order valence-electron chi connectivity index (χ1n) is 7.64. The molecule has 0 radical (unpaired) electrons. The van der Waals surface area contributed by atoms with Gasteiger partial charge < -0.3 is 15.5 Å². The number of unbranched alkanes of at least 4 members (excludes halogenated alkanes) is 1. The van der Waals surface area contributed by atoms with E-state index in [1.165, 1.54) is 12.1 Å². The minimum Gasteiger partial charge on any atom is -0.366 e. The highest BCUT2D eigenvalue weighted by Gasteiger charge is 2.53. The molecule has 28 heavy (non-hydrogen) atoms. The highest BCUT2D eigenvalue weighted by molar-refractivity contribution is 9.10. The van der Waals surface area contributed by atoms with Gasteiger partial charge in [-0.3, -0.25) is 9.36 Å². The van der Waals surface area contributed by atoms with Crippen LogP contribution in [0.2, 0.25) is 0 Å². The van der Waals surface area contributed by atoms with E-state index in [9.17, 15) is 26.6 Å². The fraction of sp³-hybridized carbons (Fsp3) is 0.357. The second-order valence-corrected chi connectivity index (χ2v) is 11.2. The summed E-state index contributed by atoms with van der Waals surface area (Å²) in [5.41, 5.74) is 1.31. The SMILES string of the molecule is NC(=O)c1cc(CCCCS(N)(=O)=O)c2sc(C(F)(F)P(=O)(O)O)c(Br)c2c1. The summed E-state index contributed by atoms with van der Waals surface area (Å²) in [5.74, 6) is -1.07. The maximum Gasteiger partial charge on any atom is 0.400 e. The minimum absolute atomic E-state index is 0.0264. The molecule has 1 aromatic heterocycles. The van der Waals surface area contributed by atoms with Crippen molar-refractivity contribution in [2.45, 2.75) is 24.9 Å². The van der Waals surface area contributed by atoms with Gasteiger partial charge in [0.05, 0.1) is 5.75 Å². The summed E-state index contributed by atoms with van der Waals surface area (Å²) < 4.78 is 61.8. The van der Waals surface area contributed by atoms with Gasteiger partial charge in [-0.25, -0.2) is 13.6 Å². The quantitative estimate of drug-likeness (QED) is 0.309. The summed E-state index contributed by atoms with van der Waals surface area (Å²) in [4.78, 5) is 28.7. The fourth-order valence-corrected chi connectivity index (χ4v) is 6.17. The molecule has 1 amide bonds. The zero-order chi connectivity index (χ0) is 21.5. The van der Waals surface area contributed by atoms with Crippen LogP contribution in [-0.2, 0) is 26.7 Å². The maximum atomic E-state index is 14.2. The average molecular weight is 521 g/mol. The van der Waals surface area contributed by atoms with Gasteiger partial charge in [-0.1, -0.05) is 0 Å². The van der Waals surface area contributed by atoms with Crippen molar-refractivity contribution >= 4 is 60.9 Å². The minimum atomic E-state index is -5.79. The van der Waals surface area contributed by atoms with Crippen LogP contribution in [0.15, 0.2) is 16.6 Å². The van der Waals surface area contributed by atoms with Gasteiger partial charge in [0.2, 0.25) is 15.9 Å². The molecule has 0 saturated carbocycles. The van der Waals surface area contributed by atoms with Crippen LogP contribution in [0.3, 0.4) is 0 Å². The molecular formula is C14H16BrF2N2O6PS2. The normalized spacial score (nSPS) is 13.2. The number of rotatable bonds is 8. The van der Waals surface area contributed by atoms with Crippen molar-refractivity contribution in [3.63, 3.8) is 0 Å². The van der Waals surface area contributed by atoms with E-state index in [1.807, 2.05) is 0 Å². The number of sulfonamides is 1. The number of fused-ring (bicyclic) bond motifs is 1. The Morgan fingerprint density at radius 3 is 2.39 bits per heavy atom. The van der Waals surface area contributed by atoms with Crippen LogP contribution in [0, 0.1) is 0 Å². The summed E-state index contributed by atoms with van der Waals surface area (Å²) in [6.45, 7) is 0. The Hall–Kier alpha value is -0.950. The number of benzene rings is 1. The third-order valence-electron chi connectivity index (χ3n) is 3.85. The van der Waals surface area contributed by atoms with Crippen molar-refractivity contribution in [1.29, 1.82) is 0 Å². The number of primary amides is 1. The van der Waals surface area contributed by atoms with Crippen molar-refractivity contribution in [1.82, 2.24) is 0 Å². The highest BCUT2D eigenvalue weighted by Crippen LogP contribution is 2.63. The lowest BCUT2D eigenvalue weighted by Gasteiger charge is -2.16. The van der Waals surface area contributed by atoms with Gasteiger partial charge in [0.15, 0.2) is 0 Å². The van der Waals surface area contributed by atoms with Crippen molar-refractivity contribution in [2.75, 3.05) is 5.75 Å². The van der Waals surface area contributed by atoms with Crippen molar-refractivity contribution in [3.05, 3.63) is 32.6 Å². The van der Waals surface area contributed by atoms with Crippen LogP contribution in [0.5, 0.6) is 0 Å². The molecule has 14 heteroatoms. The number of aryl methyl sites for hydroxylation is 1. The molecule has 0 aliphatic heterocycles. The second kappa shape index (κ2) is 8.05. The molecule has 2 aromatic rings. The average Bonchev–Trinajstić information content (AvgIpc) is 2.87. The van der Waals surface area contributed by atoms with E-state index in [1.54, 1.807) is 0 Å². The van der Waals surface area contributed by atoms with E-state index in [2.05, 4.69) is 15.9 Å². The zero-order valence-corrected chi connectivity index (χ0v) is 18.2. The lowest BCUT2D eigenvalue weighted by molar-refractivity contribution is 0.0595. The highest BCUT2D eigenvalue weighted by atomic mass is 79.9. The monoisotopic (exact) mass is 520 g/mol. The zero-order valence-electron chi connectivity index (χ0n) is 14.1. The van der Waals surface area contributed by atoms with Gasteiger partial charge >= 0.3 is 13.3 Å². The second-order valence-electron chi connectivity index (χ2n) is 6.03. The number of thiophene rings is 1. The summed E-state index contributed by atoms with van der Waals surface area (Å²) in [6, 6.07) is 2.65. The molecule has 0 aliphatic carbocycles. The summed E-state index contributed by atoms with van der Waals surface area (Å²) >= 11 is 3.43. The van der Waals surface area contributed by atoms with E-state index in [4.69, 9.17) is 20.7 Å². The molecule has 0 bridgehead atoms. The molecule has 0 saturated heterocycles. The maximum absolute atomic E-state index is 14.2. The van der Waals surface area contributed by atoms with Gasteiger partial charge in [0, 0.05) is 20.1 Å². The van der Waals surface area contributed by atoms with Crippen LogP contribution in [0.4, 0.5) is 8.78 Å². The van der Waals surface area contributed by atoms with Crippen molar-refractivity contribution in [2.24, 2.45) is 10.9 Å². The first-order chi connectivity index (χ1) is 12.6. The van der Waals surface area contributed by atoms with Crippen molar-refractivity contribution < 1.29 is 36.3 Å². The van der Waals surface area contributed by atoms with Crippen molar-refractivity contribution in [3.8, 4) is 0 Å². The Kier molecular flexibility index (Phi) is 6.71. The van der Waals surface area contributed by atoms with Crippen LogP contribution in [0.1, 0.15) is 33.6 Å². The number of primary sulfonamides is 1. The number of halogens is 3. The first-order valence-corrected chi connectivity index (χ1v) is 12.6. The van der Waals surface area contributed by atoms with Gasteiger partial charge in [0.25, 0.3) is 0 Å². The Balaban J connectivity index is 2.55. The molecule has 156 valence electrons. The predicted molar refractivity (Wildman–Crippen MR) is 105 cm³/mol. The van der Waals surface area contributed by atoms with E-state index >= 15 is 0 Å². The van der Waals surface area contributed by atoms with Crippen LogP contribution in [0.25, 0.3) is 10.1 Å². The Morgan fingerprint density at radius 1 is 1.29 bits per heavy atom. The molecule has 1 aromatic carbocycles. The molecule has 0 spiro atoms. The standard InChI is InChI=1S/C14H16BrF2N2O6PS2/c15-10-9-6-8(13(18)20)5-7(3-1-2-4-28(19,24)25)11(9)27-12(10)14(16,17)26(21,22)23/h5-6H,1-4H2,(H2,18,20)(H2,19,24,25)(H2,21,22,23). The summed E-state index contributed by atoms with van der Waals surface area (Å²) in [5, 5.41) is 5.09. The predicted octanol–water partition coefficient (Wildman–Crippen LogP) is 2.60. The Bertz CT molecular complexity index is 1080. The topological polar surface area (TPSA) is 161 Å². The number of carbonyl (C=O) groups is 1. The third-order valence-corrected chi connectivity index (χ3v) is 8.26. The number of carbonyl (C=O) groups excluding carboxylic acids is 1. The summed E-state index contributed by atoms with van der Waals surface area (Å²) in [6.07, 6.45) is 0.758. The van der Waals surface area contributed by atoms with E-state index in [-0.39, 0.29) is 38.7 Å². The molecule has 2 rings (SSSR count). The third kappa shape index (κ3) is 4.96. The number of hydrogen-bond donors (Lipinski definition) is 4. The number of hydrogen-bond acceptors (Lipinski definition) is 5. The van der Waals surface area contributed by atoms with Gasteiger partial charge in [-0.2, -0.15) is 8.78 Å². The largest absolute Gasteiger partial charge is 0.400 e. The smallest absolute Gasteiger partial charge is 0.366 e. The van der Waals surface area contributed by atoms with Crippen LogP contribution < -0.4 is 10.9 Å². The fourth-order valence-electron chi connectivity index (χ4n) is 2.51. The van der Waals surface area contributed by atoms with E-state index in [0.29, 0.717) is 23.3 Å². The molecule has 6 N–H and O–H groups in total. The Morgan fingerprint density at radius 2 is 1.89 bits per heavy atom. The van der Waals surface area contributed by atoms with E-state index < -0.39 is 34.1 Å². The van der Waals surface area contributed by atoms with Gasteiger partial charge in [-0.05, 0) is 52.9 Å². The molecule has 8 nitrogen and oxygen atoms in total. The molecule has 0 unspecified atom stereocenters. The van der Waals surface area contributed by atoms with E-state index in [0.717, 1.165) is 0 Å². The summed E-state index contributed by atoms with van der Waals surface area (Å²) in [7, 11) is -9.43. The van der Waals surface area contributed by atoms with Crippen LogP contribution >= 0.6 is 34.9 Å². The van der Waals surface area contributed by atoms with Gasteiger partial charge in [0.1, 0.15) is 4.88 Å². The molecule has 0 aliphatic rings. The number of alkyl halides is 2. The van der Waals surface area contributed by atoms with Gasteiger partial charge in [-0.15, -0.1) is 11.3 Å². The van der Waals surface area contributed by atoms with Crippen LogP contribution in [-0.4, -0.2) is 29.9 Å². The lowest BCUT2D eigenvalue weighted by Crippen LogP contribution is -2.16. The lowest BCUT2D eigenvalue weighted by atomic mass is 10.0.